The van der Waals surface area contributed by atoms with Gasteiger partial charge in [-0.1, -0.05) is 36.4 Å². The van der Waals surface area contributed by atoms with E-state index in [0.717, 1.165) is 22.3 Å². The summed E-state index contributed by atoms with van der Waals surface area (Å²) < 4.78 is 5.39. The number of furan rings is 1. The predicted octanol–water partition coefficient (Wildman–Crippen LogP) is 4.59. The third-order valence-corrected chi connectivity index (χ3v) is 3.68. The van der Waals surface area contributed by atoms with Crippen molar-refractivity contribution in [1.82, 2.24) is 0 Å². The summed E-state index contributed by atoms with van der Waals surface area (Å²) in [6, 6.07) is 18.6. The van der Waals surface area contributed by atoms with Gasteiger partial charge in [0.15, 0.2) is 0 Å². The minimum Gasteiger partial charge on any atom is -0.469 e. The van der Waals surface area contributed by atoms with Crippen molar-refractivity contribution in [3.8, 4) is 6.07 Å². The first-order valence-corrected chi connectivity index (χ1v) is 6.70. The van der Waals surface area contributed by atoms with Gasteiger partial charge in [0.2, 0.25) is 0 Å². The van der Waals surface area contributed by atoms with Crippen molar-refractivity contribution in [1.29, 1.82) is 5.26 Å². The van der Waals surface area contributed by atoms with Gasteiger partial charge in [0, 0.05) is 6.42 Å². The van der Waals surface area contributed by atoms with E-state index in [2.05, 4.69) is 37.3 Å². The molecule has 1 aromatic heterocycles. The lowest BCUT2D eigenvalue weighted by Crippen LogP contribution is -2.03. The van der Waals surface area contributed by atoms with Crippen LogP contribution in [0.25, 0.3) is 10.8 Å². The monoisotopic (exact) mass is 261 g/mol. The molecular formula is C18H15NO. The minimum atomic E-state index is -0.188. The van der Waals surface area contributed by atoms with E-state index in [4.69, 9.17) is 4.42 Å². The Morgan fingerprint density at radius 1 is 1.10 bits per heavy atom. The summed E-state index contributed by atoms with van der Waals surface area (Å²) in [5.74, 6) is 0.663. The first-order chi connectivity index (χ1) is 9.79. The molecule has 0 bridgehead atoms. The SMILES string of the molecule is Cc1ccc2ccccc2c1C(C#N)Cc1ccco1. The highest BCUT2D eigenvalue weighted by Gasteiger charge is 2.18. The van der Waals surface area contributed by atoms with E-state index < -0.39 is 0 Å². The number of benzene rings is 2. The molecule has 0 aliphatic rings. The first-order valence-electron chi connectivity index (χ1n) is 6.70. The van der Waals surface area contributed by atoms with Crippen molar-refractivity contribution in [3.63, 3.8) is 0 Å². The highest BCUT2D eigenvalue weighted by molar-refractivity contribution is 5.87. The van der Waals surface area contributed by atoms with E-state index in [0.29, 0.717) is 6.42 Å². The summed E-state index contributed by atoms with van der Waals surface area (Å²) in [5, 5.41) is 11.9. The molecule has 0 amide bonds. The number of nitrogens with zero attached hydrogens (tertiary/aromatic N) is 1. The van der Waals surface area contributed by atoms with Gasteiger partial charge in [0.25, 0.3) is 0 Å². The summed E-state index contributed by atoms with van der Waals surface area (Å²) in [7, 11) is 0. The fourth-order valence-electron chi connectivity index (χ4n) is 2.71. The van der Waals surface area contributed by atoms with Crippen molar-refractivity contribution < 1.29 is 4.42 Å². The number of hydrogen-bond donors (Lipinski definition) is 0. The smallest absolute Gasteiger partial charge is 0.105 e. The number of aryl methyl sites for hydroxylation is 1. The molecule has 0 saturated heterocycles. The molecule has 2 aromatic carbocycles. The lowest BCUT2D eigenvalue weighted by atomic mass is 9.88. The van der Waals surface area contributed by atoms with Crippen molar-refractivity contribution in [2.45, 2.75) is 19.3 Å². The van der Waals surface area contributed by atoms with Gasteiger partial charge in [-0.15, -0.1) is 0 Å². The van der Waals surface area contributed by atoms with Gasteiger partial charge >= 0.3 is 0 Å². The maximum Gasteiger partial charge on any atom is 0.105 e. The molecule has 0 aliphatic carbocycles. The lowest BCUT2D eigenvalue weighted by Gasteiger charge is -2.14. The Balaban J connectivity index is 2.12. The highest BCUT2D eigenvalue weighted by Crippen LogP contribution is 2.31. The molecule has 2 heteroatoms. The molecule has 20 heavy (non-hydrogen) atoms. The van der Waals surface area contributed by atoms with Crippen LogP contribution >= 0.6 is 0 Å². The Hall–Kier alpha value is -2.53. The summed E-state index contributed by atoms with van der Waals surface area (Å²) in [6.45, 7) is 2.06. The van der Waals surface area contributed by atoms with E-state index in [9.17, 15) is 5.26 Å². The lowest BCUT2D eigenvalue weighted by molar-refractivity contribution is 0.501. The third kappa shape index (κ3) is 2.19. The molecule has 0 spiro atoms. The molecule has 3 rings (SSSR count). The number of fused-ring (bicyclic) bond motifs is 1. The fourth-order valence-corrected chi connectivity index (χ4v) is 2.71. The van der Waals surface area contributed by atoms with Gasteiger partial charge < -0.3 is 4.42 Å². The molecule has 1 atom stereocenters. The zero-order valence-electron chi connectivity index (χ0n) is 11.3. The molecule has 1 heterocycles. The Morgan fingerprint density at radius 3 is 2.70 bits per heavy atom. The van der Waals surface area contributed by atoms with Gasteiger partial charge in [0.05, 0.1) is 18.3 Å². The second-order valence-corrected chi connectivity index (χ2v) is 4.98. The van der Waals surface area contributed by atoms with Crippen LogP contribution in [0, 0.1) is 18.3 Å². The van der Waals surface area contributed by atoms with Gasteiger partial charge in [-0.2, -0.15) is 5.26 Å². The topological polar surface area (TPSA) is 36.9 Å². The van der Waals surface area contributed by atoms with Crippen molar-refractivity contribution in [2.75, 3.05) is 0 Å². The number of rotatable bonds is 3. The second-order valence-electron chi connectivity index (χ2n) is 4.98. The molecule has 98 valence electrons. The van der Waals surface area contributed by atoms with Crippen molar-refractivity contribution in [3.05, 3.63) is 71.7 Å². The summed E-state index contributed by atoms with van der Waals surface area (Å²) in [6.07, 6.45) is 2.26. The van der Waals surface area contributed by atoms with Crippen LogP contribution in [0.2, 0.25) is 0 Å². The van der Waals surface area contributed by atoms with Crippen LogP contribution in [-0.4, -0.2) is 0 Å². The van der Waals surface area contributed by atoms with Crippen LogP contribution in [0.3, 0.4) is 0 Å². The van der Waals surface area contributed by atoms with E-state index in [1.807, 2.05) is 24.3 Å². The molecule has 3 aromatic rings. The summed E-state index contributed by atoms with van der Waals surface area (Å²) in [5.41, 5.74) is 2.27. The zero-order chi connectivity index (χ0) is 13.9. The normalized spacial score (nSPS) is 12.2. The van der Waals surface area contributed by atoms with Crippen LogP contribution in [0.15, 0.2) is 59.2 Å². The van der Waals surface area contributed by atoms with Crippen molar-refractivity contribution >= 4 is 10.8 Å². The maximum absolute atomic E-state index is 9.57. The molecule has 0 saturated carbocycles. The Kier molecular flexibility index (Phi) is 3.26. The maximum atomic E-state index is 9.57. The zero-order valence-corrected chi connectivity index (χ0v) is 11.3. The standard InChI is InChI=1S/C18H15NO/c1-13-8-9-14-5-2-3-7-17(14)18(13)15(12-19)11-16-6-4-10-20-16/h2-10,15H,11H2,1H3. The molecule has 2 nitrogen and oxygen atoms in total. The van der Waals surface area contributed by atoms with Crippen LogP contribution in [0.1, 0.15) is 22.8 Å². The van der Waals surface area contributed by atoms with E-state index in [1.165, 1.54) is 5.39 Å². The largest absolute Gasteiger partial charge is 0.469 e. The Labute approximate surface area is 118 Å². The number of hydrogen-bond acceptors (Lipinski definition) is 2. The molecule has 0 radical (unpaired) electrons. The van der Waals surface area contributed by atoms with Gasteiger partial charge in [-0.25, -0.2) is 0 Å². The third-order valence-electron chi connectivity index (χ3n) is 3.68. The second kappa shape index (κ2) is 5.22. The molecule has 0 aliphatic heterocycles. The van der Waals surface area contributed by atoms with Crippen LogP contribution in [0.5, 0.6) is 0 Å². The molecule has 1 unspecified atom stereocenters. The highest BCUT2D eigenvalue weighted by atomic mass is 16.3. The summed E-state index contributed by atoms with van der Waals surface area (Å²) in [4.78, 5) is 0. The van der Waals surface area contributed by atoms with Crippen LogP contribution in [0.4, 0.5) is 0 Å². The van der Waals surface area contributed by atoms with Gasteiger partial charge in [0.1, 0.15) is 5.76 Å². The fraction of sp³-hybridized carbons (Fsp3) is 0.167. The minimum absolute atomic E-state index is 0.188. The van der Waals surface area contributed by atoms with E-state index in [-0.39, 0.29) is 5.92 Å². The molecule has 0 N–H and O–H groups in total. The van der Waals surface area contributed by atoms with Gasteiger partial charge in [-0.3, -0.25) is 0 Å². The quantitative estimate of drug-likeness (QED) is 0.691. The van der Waals surface area contributed by atoms with Crippen LogP contribution < -0.4 is 0 Å². The Bertz CT molecular complexity index is 766. The van der Waals surface area contributed by atoms with Crippen LogP contribution in [-0.2, 0) is 6.42 Å². The average molecular weight is 261 g/mol. The van der Waals surface area contributed by atoms with Crippen molar-refractivity contribution in [2.24, 2.45) is 0 Å². The summed E-state index contributed by atoms with van der Waals surface area (Å²) >= 11 is 0. The van der Waals surface area contributed by atoms with E-state index in [1.54, 1.807) is 6.26 Å². The average Bonchev–Trinajstić information content (AvgIpc) is 2.98. The van der Waals surface area contributed by atoms with E-state index >= 15 is 0 Å². The predicted molar refractivity (Wildman–Crippen MR) is 79.5 cm³/mol. The molecular weight excluding hydrogens is 246 g/mol. The van der Waals surface area contributed by atoms with Gasteiger partial charge in [-0.05, 0) is 41.0 Å². The molecule has 0 fully saturated rings. The first kappa shape index (κ1) is 12.5. The Morgan fingerprint density at radius 2 is 1.95 bits per heavy atom. The number of nitriles is 1.